The van der Waals surface area contributed by atoms with Gasteiger partial charge in [-0.05, 0) is 78.4 Å². The summed E-state index contributed by atoms with van der Waals surface area (Å²) in [5, 5.41) is 5.69. The molecule has 0 bridgehead atoms. The van der Waals surface area contributed by atoms with Gasteiger partial charge in [-0.2, -0.15) is 0 Å². The summed E-state index contributed by atoms with van der Waals surface area (Å²) in [5.74, 6) is -0.761. The number of nitrogens with zero attached hydrogens (tertiary/aromatic N) is 2. The number of anilines is 4. The fourth-order valence-corrected chi connectivity index (χ4v) is 5.44. The van der Waals surface area contributed by atoms with E-state index < -0.39 is 11.8 Å². The zero-order chi connectivity index (χ0) is 32.3. The average Bonchev–Trinajstić information content (AvgIpc) is 3.09. The third-order valence-electron chi connectivity index (χ3n) is 6.98. The molecule has 0 aliphatic rings. The first-order chi connectivity index (χ1) is 22.4. The molecule has 0 aliphatic heterocycles. The summed E-state index contributed by atoms with van der Waals surface area (Å²) in [6.07, 6.45) is 1.65. The lowest BCUT2D eigenvalue weighted by atomic mass is 10.1. The second-order valence-corrected chi connectivity index (χ2v) is 11.6. The second-order valence-electron chi connectivity index (χ2n) is 10.5. The van der Waals surface area contributed by atoms with E-state index in [4.69, 9.17) is 0 Å². The first-order valence-electron chi connectivity index (χ1n) is 14.7. The summed E-state index contributed by atoms with van der Waals surface area (Å²) in [4.78, 5) is 44.6. The normalized spacial score (nSPS) is 11.0. The smallest absolute Gasteiger partial charge is 0.272 e. The zero-order valence-electron chi connectivity index (χ0n) is 25.6. The lowest BCUT2D eigenvalue weighted by molar-refractivity contribution is -0.115. The molecule has 230 valence electrons. The number of carbonyl (C=O) groups is 3. The van der Waals surface area contributed by atoms with Crippen LogP contribution < -0.4 is 20.4 Å². The molecule has 0 fully saturated rings. The predicted octanol–water partition coefficient (Wildman–Crippen LogP) is 7.62. The van der Waals surface area contributed by atoms with E-state index in [1.807, 2.05) is 128 Å². The number of carbonyl (C=O) groups excluding carboxylic acids is 3. The number of thioether (sulfide) groups is 1. The average molecular weight is 627 g/mol. The fourth-order valence-electron chi connectivity index (χ4n) is 4.64. The Morgan fingerprint density at radius 3 is 1.85 bits per heavy atom. The van der Waals surface area contributed by atoms with Crippen LogP contribution in [-0.2, 0) is 9.59 Å². The van der Waals surface area contributed by atoms with Crippen molar-refractivity contribution in [1.29, 1.82) is 0 Å². The SMILES string of the molecule is CN(C)c1ccc(/C=C(\NC(=O)c2ccccc2)C(=O)Nc2cccc(SCC(=O)N(c3ccccc3)c3ccccc3)c2)cc1. The summed E-state index contributed by atoms with van der Waals surface area (Å²) in [5.41, 5.74) is 4.41. The number of rotatable bonds is 11. The van der Waals surface area contributed by atoms with Crippen LogP contribution in [0.2, 0.25) is 0 Å². The van der Waals surface area contributed by atoms with Crippen molar-refractivity contribution in [2.45, 2.75) is 4.90 Å². The molecule has 0 aromatic heterocycles. The highest BCUT2D eigenvalue weighted by Crippen LogP contribution is 2.28. The van der Waals surface area contributed by atoms with Crippen LogP contribution in [0.3, 0.4) is 0 Å². The molecule has 0 unspecified atom stereocenters. The molecule has 7 nitrogen and oxygen atoms in total. The van der Waals surface area contributed by atoms with Crippen molar-refractivity contribution in [2.75, 3.05) is 35.0 Å². The van der Waals surface area contributed by atoms with E-state index in [1.54, 1.807) is 41.3 Å². The van der Waals surface area contributed by atoms with E-state index in [2.05, 4.69) is 10.6 Å². The van der Waals surface area contributed by atoms with Crippen molar-refractivity contribution in [3.63, 3.8) is 0 Å². The number of nitrogens with one attached hydrogen (secondary N) is 2. The molecule has 3 amide bonds. The van der Waals surface area contributed by atoms with E-state index in [-0.39, 0.29) is 17.4 Å². The van der Waals surface area contributed by atoms with Crippen LogP contribution >= 0.6 is 11.8 Å². The van der Waals surface area contributed by atoms with Gasteiger partial charge in [-0.15, -0.1) is 11.8 Å². The summed E-state index contributed by atoms with van der Waals surface area (Å²) in [7, 11) is 3.91. The largest absolute Gasteiger partial charge is 0.378 e. The van der Waals surface area contributed by atoms with Gasteiger partial charge in [-0.25, -0.2) is 0 Å². The van der Waals surface area contributed by atoms with Gasteiger partial charge in [0.2, 0.25) is 5.91 Å². The second kappa shape index (κ2) is 15.4. The monoisotopic (exact) mass is 626 g/mol. The molecule has 0 heterocycles. The van der Waals surface area contributed by atoms with Gasteiger partial charge in [0.15, 0.2) is 0 Å². The topological polar surface area (TPSA) is 81.8 Å². The van der Waals surface area contributed by atoms with Crippen LogP contribution in [0.15, 0.2) is 150 Å². The summed E-state index contributed by atoms with van der Waals surface area (Å²) < 4.78 is 0. The zero-order valence-corrected chi connectivity index (χ0v) is 26.4. The molecule has 0 saturated carbocycles. The van der Waals surface area contributed by atoms with Crippen LogP contribution in [0, 0.1) is 0 Å². The minimum atomic E-state index is -0.474. The summed E-state index contributed by atoms with van der Waals surface area (Å²) >= 11 is 1.38. The van der Waals surface area contributed by atoms with Crippen LogP contribution in [0.4, 0.5) is 22.7 Å². The standard InChI is InChI=1S/C38H34N4O3S/c1-41(2)31-23-21-28(22-24-31)25-35(40-37(44)29-13-6-3-7-14-29)38(45)39-30-15-12-20-34(26-30)46-27-36(43)42(32-16-8-4-9-17-32)33-18-10-5-11-19-33/h3-26H,27H2,1-2H3,(H,39,45)(H,40,44)/b35-25-. The van der Waals surface area contributed by atoms with Gasteiger partial charge in [0.1, 0.15) is 5.70 Å². The third-order valence-corrected chi connectivity index (χ3v) is 7.96. The number of hydrogen-bond donors (Lipinski definition) is 2. The first-order valence-corrected chi connectivity index (χ1v) is 15.7. The molecule has 0 atom stereocenters. The van der Waals surface area contributed by atoms with Gasteiger partial charge in [0.05, 0.1) is 5.75 Å². The van der Waals surface area contributed by atoms with E-state index in [1.165, 1.54) is 11.8 Å². The van der Waals surface area contributed by atoms with Gasteiger partial charge in [0.25, 0.3) is 11.8 Å². The van der Waals surface area contributed by atoms with Crippen LogP contribution in [0.1, 0.15) is 15.9 Å². The molecule has 8 heteroatoms. The lowest BCUT2D eigenvalue weighted by Crippen LogP contribution is -2.30. The highest BCUT2D eigenvalue weighted by molar-refractivity contribution is 8.00. The summed E-state index contributed by atoms with van der Waals surface area (Å²) in [6, 6.07) is 42.8. The maximum atomic E-state index is 13.6. The maximum absolute atomic E-state index is 13.6. The molecule has 5 rings (SSSR count). The Bertz CT molecular complexity index is 1770. The van der Waals surface area contributed by atoms with Crippen molar-refractivity contribution < 1.29 is 14.4 Å². The lowest BCUT2D eigenvalue weighted by Gasteiger charge is -2.23. The molecule has 5 aromatic carbocycles. The van der Waals surface area contributed by atoms with Crippen molar-refractivity contribution >= 4 is 58.3 Å². The van der Waals surface area contributed by atoms with Crippen molar-refractivity contribution in [2.24, 2.45) is 0 Å². The number of hydrogen-bond acceptors (Lipinski definition) is 5. The van der Waals surface area contributed by atoms with Gasteiger partial charge >= 0.3 is 0 Å². The van der Waals surface area contributed by atoms with Crippen LogP contribution in [0.25, 0.3) is 6.08 Å². The molecule has 0 saturated heterocycles. The third kappa shape index (κ3) is 8.52. The van der Waals surface area contributed by atoms with Gasteiger partial charge in [0, 0.05) is 47.3 Å². The maximum Gasteiger partial charge on any atom is 0.272 e. The minimum Gasteiger partial charge on any atom is -0.378 e. The number of amides is 3. The Hall–Kier alpha value is -5.60. The van der Waals surface area contributed by atoms with E-state index in [0.717, 1.165) is 27.5 Å². The van der Waals surface area contributed by atoms with Crippen LogP contribution in [-0.4, -0.2) is 37.6 Å². The van der Waals surface area contributed by atoms with Gasteiger partial charge in [-0.1, -0.05) is 72.8 Å². The Morgan fingerprint density at radius 2 is 1.26 bits per heavy atom. The van der Waals surface area contributed by atoms with Crippen molar-refractivity contribution in [3.8, 4) is 0 Å². The number of para-hydroxylation sites is 2. The fraction of sp³-hybridized carbons (Fsp3) is 0.0789. The highest BCUT2D eigenvalue weighted by atomic mass is 32.2. The molecule has 46 heavy (non-hydrogen) atoms. The minimum absolute atomic E-state index is 0.0778. The summed E-state index contributed by atoms with van der Waals surface area (Å²) in [6.45, 7) is 0. The van der Waals surface area contributed by atoms with Crippen molar-refractivity contribution in [3.05, 3.63) is 156 Å². The Kier molecular flexibility index (Phi) is 10.7. The predicted molar refractivity (Wildman–Crippen MR) is 188 cm³/mol. The molecule has 2 N–H and O–H groups in total. The van der Waals surface area contributed by atoms with E-state index in [9.17, 15) is 14.4 Å². The molecule has 0 spiro atoms. The first kappa shape index (κ1) is 31.8. The quantitative estimate of drug-likeness (QED) is 0.116. The number of benzene rings is 5. The van der Waals surface area contributed by atoms with E-state index in [0.29, 0.717) is 11.3 Å². The Morgan fingerprint density at radius 1 is 0.674 bits per heavy atom. The molecule has 5 aromatic rings. The molecule has 0 radical (unpaired) electrons. The van der Waals surface area contributed by atoms with Crippen molar-refractivity contribution in [1.82, 2.24) is 5.32 Å². The Labute approximate surface area is 273 Å². The molecular weight excluding hydrogens is 593 g/mol. The van der Waals surface area contributed by atoms with Crippen LogP contribution in [0.5, 0.6) is 0 Å². The molecule has 0 aliphatic carbocycles. The Balaban J connectivity index is 1.32. The molecular formula is C38H34N4O3S. The highest BCUT2D eigenvalue weighted by Gasteiger charge is 2.19. The van der Waals surface area contributed by atoms with Gasteiger partial charge in [-0.3, -0.25) is 19.3 Å². The van der Waals surface area contributed by atoms with Gasteiger partial charge < -0.3 is 15.5 Å². The van der Waals surface area contributed by atoms with E-state index >= 15 is 0 Å².